The maximum absolute atomic E-state index is 14.0. The Kier molecular flexibility index (Phi) is 7.58. The number of Topliss-reactive ketones (excluding diaryl/α,β-unsaturated/α-hetero) is 1. The minimum atomic E-state index is -1.06. The molecule has 1 saturated heterocycles. The van der Waals surface area contributed by atoms with Crippen molar-refractivity contribution in [1.82, 2.24) is 0 Å². The van der Waals surface area contributed by atoms with E-state index in [4.69, 9.17) is 21.1 Å². The Labute approximate surface area is 235 Å². The van der Waals surface area contributed by atoms with Gasteiger partial charge in [0.05, 0.1) is 23.7 Å². The summed E-state index contributed by atoms with van der Waals surface area (Å²) in [4.78, 5) is 28.1. The summed E-state index contributed by atoms with van der Waals surface area (Å²) in [6.07, 6.45) is 0. The molecule has 4 aromatic carbocycles. The molecule has 1 unspecified atom stereocenters. The summed E-state index contributed by atoms with van der Waals surface area (Å²) in [5.41, 5.74) is 2.60. The van der Waals surface area contributed by atoms with Crippen molar-refractivity contribution in [3.8, 4) is 11.5 Å². The van der Waals surface area contributed by atoms with Gasteiger partial charge in [-0.2, -0.15) is 0 Å². The van der Waals surface area contributed by atoms with Crippen molar-refractivity contribution in [3.63, 3.8) is 0 Å². The van der Waals surface area contributed by atoms with Crippen molar-refractivity contribution >= 4 is 34.7 Å². The third-order valence-corrected chi connectivity index (χ3v) is 7.03. The van der Waals surface area contributed by atoms with E-state index in [2.05, 4.69) is 0 Å². The number of para-hydroxylation sites is 1. The number of anilines is 1. The molecule has 1 atom stereocenters. The molecule has 0 aromatic heterocycles. The standard InChI is InChI=1S/C32H25ClFNO5/c1-19-16-21(12-15-26(19)40-18-20-8-4-3-5-9-20)30(36)28-29(23-10-6-7-11-27(23)39-2)35(32(38)31(28)37)22-13-14-25(34)24(33)17-22/h3-17,29,36H,18H2,1-2H3/b30-28+. The van der Waals surface area contributed by atoms with Crippen LogP contribution in [-0.4, -0.2) is 23.9 Å². The molecule has 1 aliphatic rings. The first-order valence-electron chi connectivity index (χ1n) is 12.5. The van der Waals surface area contributed by atoms with Crippen molar-refractivity contribution in [1.29, 1.82) is 0 Å². The largest absolute Gasteiger partial charge is 0.507 e. The van der Waals surface area contributed by atoms with Crippen molar-refractivity contribution < 1.29 is 28.6 Å². The molecule has 1 N–H and O–H groups in total. The monoisotopic (exact) mass is 557 g/mol. The number of nitrogens with zero attached hydrogens (tertiary/aromatic N) is 1. The summed E-state index contributed by atoms with van der Waals surface area (Å²) in [6.45, 7) is 2.19. The Morgan fingerprint density at radius 1 is 0.950 bits per heavy atom. The first-order valence-corrected chi connectivity index (χ1v) is 12.8. The molecule has 202 valence electrons. The lowest BCUT2D eigenvalue weighted by Crippen LogP contribution is -2.29. The quantitative estimate of drug-likeness (QED) is 0.150. The van der Waals surface area contributed by atoms with E-state index < -0.39 is 23.5 Å². The number of hydrogen-bond donors (Lipinski definition) is 1. The third-order valence-electron chi connectivity index (χ3n) is 6.74. The van der Waals surface area contributed by atoms with Crippen LogP contribution in [0.3, 0.4) is 0 Å². The number of rotatable bonds is 7. The van der Waals surface area contributed by atoms with Crippen LogP contribution in [0.4, 0.5) is 10.1 Å². The summed E-state index contributed by atoms with van der Waals surface area (Å²) in [5, 5.41) is 11.3. The second-order valence-electron chi connectivity index (χ2n) is 9.26. The highest BCUT2D eigenvalue weighted by molar-refractivity contribution is 6.52. The lowest BCUT2D eigenvalue weighted by molar-refractivity contribution is -0.132. The van der Waals surface area contributed by atoms with Gasteiger partial charge in [-0.3, -0.25) is 14.5 Å². The number of ether oxygens (including phenoxy) is 2. The zero-order valence-electron chi connectivity index (χ0n) is 21.7. The number of carbonyl (C=O) groups excluding carboxylic acids is 2. The van der Waals surface area contributed by atoms with E-state index in [9.17, 15) is 19.1 Å². The molecular weight excluding hydrogens is 533 g/mol. The van der Waals surface area contributed by atoms with Gasteiger partial charge < -0.3 is 14.6 Å². The molecule has 0 bridgehead atoms. The number of aliphatic hydroxyl groups excluding tert-OH is 1. The fraction of sp³-hybridized carbons (Fsp3) is 0.125. The van der Waals surface area contributed by atoms with Crippen LogP contribution in [0.25, 0.3) is 5.76 Å². The predicted molar refractivity (Wildman–Crippen MR) is 151 cm³/mol. The molecule has 6 nitrogen and oxygen atoms in total. The number of amides is 1. The van der Waals surface area contributed by atoms with Gasteiger partial charge in [-0.25, -0.2) is 4.39 Å². The highest BCUT2D eigenvalue weighted by Gasteiger charge is 2.48. The molecule has 1 fully saturated rings. The number of ketones is 1. The van der Waals surface area contributed by atoms with E-state index in [0.717, 1.165) is 17.2 Å². The highest BCUT2D eigenvalue weighted by atomic mass is 35.5. The van der Waals surface area contributed by atoms with Gasteiger partial charge >= 0.3 is 0 Å². The Morgan fingerprint density at radius 2 is 1.68 bits per heavy atom. The Balaban J connectivity index is 1.60. The number of aryl methyl sites for hydroxylation is 1. The Hall–Kier alpha value is -4.62. The average molecular weight is 558 g/mol. The third kappa shape index (κ3) is 5.03. The van der Waals surface area contributed by atoms with E-state index in [-0.39, 0.29) is 22.0 Å². The summed E-state index contributed by atoms with van der Waals surface area (Å²) in [5.74, 6) is -1.79. The van der Waals surface area contributed by atoms with Crippen LogP contribution in [0, 0.1) is 12.7 Å². The fourth-order valence-electron chi connectivity index (χ4n) is 4.77. The normalized spacial score (nSPS) is 16.3. The Bertz CT molecular complexity index is 1640. The molecule has 1 amide bonds. The van der Waals surface area contributed by atoms with Crippen LogP contribution in [0.5, 0.6) is 11.5 Å². The van der Waals surface area contributed by atoms with E-state index in [0.29, 0.717) is 29.2 Å². The molecule has 4 aromatic rings. The van der Waals surface area contributed by atoms with Crippen molar-refractivity contribution in [2.24, 2.45) is 0 Å². The zero-order chi connectivity index (χ0) is 28.4. The topological polar surface area (TPSA) is 76.1 Å². The van der Waals surface area contributed by atoms with Gasteiger partial charge in [0.1, 0.15) is 29.7 Å². The first-order chi connectivity index (χ1) is 19.3. The second kappa shape index (κ2) is 11.2. The van der Waals surface area contributed by atoms with Gasteiger partial charge in [0, 0.05) is 16.8 Å². The van der Waals surface area contributed by atoms with Crippen LogP contribution in [0.1, 0.15) is 28.3 Å². The van der Waals surface area contributed by atoms with Crippen molar-refractivity contribution in [2.45, 2.75) is 19.6 Å². The molecule has 0 radical (unpaired) electrons. The predicted octanol–water partition coefficient (Wildman–Crippen LogP) is 7.00. The van der Waals surface area contributed by atoms with Crippen molar-refractivity contribution in [2.75, 3.05) is 12.0 Å². The first kappa shape index (κ1) is 27.0. The number of hydrogen-bond acceptors (Lipinski definition) is 5. The molecule has 0 aliphatic carbocycles. The number of halogens is 2. The zero-order valence-corrected chi connectivity index (χ0v) is 22.5. The molecule has 1 aliphatic heterocycles. The molecule has 0 saturated carbocycles. The lowest BCUT2D eigenvalue weighted by atomic mass is 9.94. The minimum Gasteiger partial charge on any atom is -0.507 e. The van der Waals surface area contributed by atoms with Gasteiger partial charge in [-0.1, -0.05) is 60.1 Å². The summed E-state index contributed by atoms with van der Waals surface area (Å²) in [6, 6.07) is 24.3. The fourth-order valence-corrected chi connectivity index (χ4v) is 4.94. The van der Waals surface area contributed by atoms with Gasteiger partial charge in [0.15, 0.2) is 0 Å². The van der Waals surface area contributed by atoms with Gasteiger partial charge in [-0.05, 0) is 60.5 Å². The van der Waals surface area contributed by atoms with Crippen LogP contribution >= 0.6 is 11.6 Å². The molecule has 8 heteroatoms. The van der Waals surface area contributed by atoms with E-state index >= 15 is 0 Å². The SMILES string of the molecule is COc1ccccc1C1/C(=C(\O)c2ccc(OCc3ccccc3)c(C)c2)C(=O)C(=O)N1c1ccc(F)c(Cl)c1. The number of benzene rings is 4. The molecular formula is C32H25ClFNO5. The molecule has 0 spiro atoms. The van der Waals surface area contributed by atoms with Gasteiger partial charge in [0.2, 0.25) is 0 Å². The number of carbonyl (C=O) groups is 2. The second-order valence-corrected chi connectivity index (χ2v) is 9.67. The maximum atomic E-state index is 14.0. The van der Waals surface area contributed by atoms with Gasteiger partial charge in [0.25, 0.3) is 11.7 Å². The van der Waals surface area contributed by atoms with Crippen LogP contribution in [0.15, 0.2) is 96.6 Å². The smallest absolute Gasteiger partial charge is 0.300 e. The molecule has 40 heavy (non-hydrogen) atoms. The molecule has 1 heterocycles. The van der Waals surface area contributed by atoms with Crippen LogP contribution in [-0.2, 0) is 16.2 Å². The van der Waals surface area contributed by atoms with E-state index in [1.165, 1.54) is 24.1 Å². The number of methoxy groups -OCH3 is 1. The number of aliphatic hydroxyl groups is 1. The van der Waals surface area contributed by atoms with Crippen LogP contribution < -0.4 is 14.4 Å². The van der Waals surface area contributed by atoms with E-state index in [1.54, 1.807) is 42.5 Å². The average Bonchev–Trinajstić information content (AvgIpc) is 3.23. The minimum absolute atomic E-state index is 0.132. The molecule has 5 rings (SSSR count). The Morgan fingerprint density at radius 3 is 2.38 bits per heavy atom. The summed E-state index contributed by atoms with van der Waals surface area (Å²) < 4.78 is 25.4. The lowest BCUT2D eigenvalue weighted by Gasteiger charge is -2.27. The maximum Gasteiger partial charge on any atom is 0.300 e. The van der Waals surface area contributed by atoms with E-state index in [1.807, 2.05) is 37.3 Å². The van der Waals surface area contributed by atoms with Gasteiger partial charge in [-0.15, -0.1) is 0 Å². The van der Waals surface area contributed by atoms with Crippen LogP contribution in [0.2, 0.25) is 5.02 Å². The highest BCUT2D eigenvalue weighted by Crippen LogP contribution is 2.45. The van der Waals surface area contributed by atoms with Crippen molar-refractivity contribution in [3.05, 3.63) is 130 Å². The summed E-state index contributed by atoms with van der Waals surface area (Å²) in [7, 11) is 1.47. The summed E-state index contributed by atoms with van der Waals surface area (Å²) >= 11 is 6.02.